The molecule has 5 nitrogen and oxygen atoms in total. The minimum Gasteiger partial charge on any atom is -0.398 e. The maximum atomic E-state index is 11.2. The minimum absolute atomic E-state index is 0.361. The summed E-state index contributed by atoms with van der Waals surface area (Å²) in [5.41, 5.74) is 12.6. The average molecular weight is 264 g/mol. The van der Waals surface area contributed by atoms with E-state index < -0.39 is 5.91 Å². The van der Waals surface area contributed by atoms with Crippen LogP contribution in [-0.4, -0.2) is 37.0 Å². The number of benzene rings is 1. The van der Waals surface area contributed by atoms with E-state index in [1.165, 1.54) is 0 Å². The van der Waals surface area contributed by atoms with Gasteiger partial charge in [-0.25, -0.2) is 0 Å². The van der Waals surface area contributed by atoms with E-state index in [-0.39, 0.29) is 0 Å². The molecule has 0 heterocycles. The number of likely N-dealkylation sites (N-methyl/N-ethyl adjacent to an activating group) is 1. The molecule has 106 valence electrons. The average Bonchev–Trinajstić information content (AvgIpc) is 2.39. The molecule has 1 amide bonds. The summed E-state index contributed by atoms with van der Waals surface area (Å²) >= 11 is 0. The highest BCUT2D eigenvalue weighted by Gasteiger charge is 2.08. The number of nitrogens with one attached hydrogen (secondary N) is 1. The second-order valence-corrected chi connectivity index (χ2v) is 4.83. The summed E-state index contributed by atoms with van der Waals surface area (Å²) in [7, 11) is 2.10. The highest BCUT2D eigenvalue weighted by atomic mass is 16.1. The van der Waals surface area contributed by atoms with E-state index in [2.05, 4.69) is 31.1 Å². The zero-order valence-corrected chi connectivity index (χ0v) is 11.9. The van der Waals surface area contributed by atoms with E-state index in [0.29, 0.717) is 17.3 Å². The molecule has 19 heavy (non-hydrogen) atoms. The van der Waals surface area contributed by atoms with Crippen LogP contribution >= 0.6 is 0 Å². The normalized spacial score (nSPS) is 12.4. The van der Waals surface area contributed by atoms with E-state index >= 15 is 0 Å². The second kappa shape index (κ2) is 6.99. The van der Waals surface area contributed by atoms with Crippen molar-refractivity contribution in [3.63, 3.8) is 0 Å². The summed E-state index contributed by atoms with van der Waals surface area (Å²) in [6.07, 6.45) is 1.13. The lowest BCUT2D eigenvalue weighted by Crippen LogP contribution is -2.32. The predicted molar refractivity (Wildman–Crippen MR) is 80.2 cm³/mol. The third kappa shape index (κ3) is 4.44. The Morgan fingerprint density at radius 2 is 2.16 bits per heavy atom. The van der Waals surface area contributed by atoms with Gasteiger partial charge in [0, 0.05) is 30.5 Å². The first-order valence-corrected chi connectivity index (χ1v) is 6.59. The van der Waals surface area contributed by atoms with Crippen LogP contribution in [0.1, 0.15) is 30.6 Å². The SMILES string of the molecule is CCC(C)N(C)CCNc1ccc(N)c(C(N)=O)c1. The van der Waals surface area contributed by atoms with Crippen molar-refractivity contribution >= 4 is 17.3 Å². The number of hydrogen-bond acceptors (Lipinski definition) is 4. The summed E-state index contributed by atoms with van der Waals surface area (Å²) in [5.74, 6) is -0.502. The van der Waals surface area contributed by atoms with Gasteiger partial charge >= 0.3 is 0 Å². The largest absolute Gasteiger partial charge is 0.398 e. The van der Waals surface area contributed by atoms with Crippen LogP contribution in [0.4, 0.5) is 11.4 Å². The summed E-state index contributed by atoms with van der Waals surface area (Å²) in [5, 5.41) is 3.27. The Bertz CT molecular complexity index is 433. The Morgan fingerprint density at radius 1 is 1.47 bits per heavy atom. The molecule has 0 bridgehead atoms. The molecular weight excluding hydrogens is 240 g/mol. The molecule has 0 saturated heterocycles. The maximum absolute atomic E-state index is 11.2. The van der Waals surface area contributed by atoms with Crippen LogP contribution in [0.25, 0.3) is 0 Å². The van der Waals surface area contributed by atoms with Crippen molar-refractivity contribution in [2.75, 3.05) is 31.2 Å². The minimum atomic E-state index is -0.502. The Labute approximate surface area is 115 Å². The Kier molecular flexibility index (Phi) is 5.63. The van der Waals surface area contributed by atoms with Crippen molar-refractivity contribution < 1.29 is 4.79 Å². The van der Waals surface area contributed by atoms with Gasteiger partial charge in [-0.3, -0.25) is 4.79 Å². The van der Waals surface area contributed by atoms with Crippen LogP contribution < -0.4 is 16.8 Å². The lowest BCUT2D eigenvalue weighted by atomic mass is 10.1. The number of anilines is 2. The topological polar surface area (TPSA) is 84.4 Å². The standard InChI is InChI=1S/C14H24N4O/c1-4-10(2)18(3)8-7-17-11-5-6-13(15)12(9-11)14(16)19/h5-6,9-10,17H,4,7-8,15H2,1-3H3,(H2,16,19). The van der Waals surface area contributed by atoms with Crippen LogP contribution in [0, 0.1) is 0 Å². The Morgan fingerprint density at radius 3 is 2.74 bits per heavy atom. The van der Waals surface area contributed by atoms with E-state index in [9.17, 15) is 4.79 Å². The summed E-state index contributed by atoms with van der Waals surface area (Å²) < 4.78 is 0. The molecule has 0 aliphatic rings. The third-order valence-corrected chi connectivity index (χ3v) is 3.46. The molecular formula is C14H24N4O. The smallest absolute Gasteiger partial charge is 0.250 e. The van der Waals surface area contributed by atoms with Crippen molar-refractivity contribution in [3.8, 4) is 0 Å². The predicted octanol–water partition coefficient (Wildman–Crippen LogP) is 1.51. The van der Waals surface area contributed by atoms with Crippen molar-refractivity contribution in [2.24, 2.45) is 5.73 Å². The molecule has 0 aliphatic carbocycles. The zero-order valence-electron chi connectivity index (χ0n) is 11.9. The number of rotatable bonds is 7. The van der Waals surface area contributed by atoms with Gasteiger partial charge in [-0.05, 0) is 38.6 Å². The van der Waals surface area contributed by atoms with Crippen LogP contribution in [0.5, 0.6) is 0 Å². The Hall–Kier alpha value is -1.75. The van der Waals surface area contributed by atoms with Gasteiger partial charge in [0.1, 0.15) is 0 Å². The van der Waals surface area contributed by atoms with Gasteiger partial charge in [0.2, 0.25) is 0 Å². The van der Waals surface area contributed by atoms with Crippen LogP contribution in [0.2, 0.25) is 0 Å². The first-order chi connectivity index (χ1) is 8.95. The van der Waals surface area contributed by atoms with E-state index in [4.69, 9.17) is 11.5 Å². The van der Waals surface area contributed by atoms with Gasteiger partial charge in [0.15, 0.2) is 0 Å². The van der Waals surface area contributed by atoms with E-state index in [1.807, 2.05) is 6.07 Å². The van der Waals surface area contributed by atoms with Crippen LogP contribution in [0.15, 0.2) is 18.2 Å². The molecule has 1 aromatic rings. The lowest BCUT2D eigenvalue weighted by molar-refractivity contribution is 0.100. The van der Waals surface area contributed by atoms with Crippen molar-refractivity contribution in [2.45, 2.75) is 26.3 Å². The third-order valence-electron chi connectivity index (χ3n) is 3.46. The van der Waals surface area contributed by atoms with Gasteiger partial charge < -0.3 is 21.7 Å². The molecule has 0 aromatic heterocycles. The van der Waals surface area contributed by atoms with E-state index in [1.54, 1.807) is 12.1 Å². The number of carbonyl (C=O) groups excluding carboxylic acids is 1. The van der Waals surface area contributed by atoms with E-state index in [0.717, 1.165) is 25.2 Å². The van der Waals surface area contributed by atoms with Gasteiger partial charge in [-0.15, -0.1) is 0 Å². The number of primary amides is 1. The molecule has 5 heteroatoms. The fourth-order valence-electron chi connectivity index (χ4n) is 1.79. The quantitative estimate of drug-likeness (QED) is 0.652. The zero-order chi connectivity index (χ0) is 14.4. The summed E-state index contributed by atoms with van der Waals surface area (Å²) in [6.45, 7) is 6.12. The highest BCUT2D eigenvalue weighted by molar-refractivity contribution is 5.98. The summed E-state index contributed by atoms with van der Waals surface area (Å²) in [6, 6.07) is 5.81. The first-order valence-electron chi connectivity index (χ1n) is 6.59. The van der Waals surface area contributed by atoms with Crippen molar-refractivity contribution in [1.82, 2.24) is 4.90 Å². The van der Waals surface area contributed by atoms with Crippen molar-refractivity contribution in [1.29, 1.82) is 0 Å². The molecule has 1 unspecified atom stereocenters. The van der Waals surface area contributed by atoms with Gasteiger partial charge in [-0.1, -0.05) is 6.92 Å². The molecule has 0 saturated carbocycles. The van der Waals surface area contributed by atoms with Crippen LogP contribution in [0.3, 0.4) is 0 Å². The molecule has 1 rings (SSSR count). The molecule has 0 fully saturated rings. The number of nitrogens with two attached hydrogens (primary N) is 2. The second-order valence-electron chi connectivity index (χ2n) is 4.83. The molecule has 0 aliphatic heterocycles. The maximum Gasteiger partial charge on any atom is 0.250 e. The van der Waals surface area contributed by atoms with Crippen LogP contribution in [-0.2, 0) is 0 Å². The Balaban J connectivity index is 2.54. The van der Waals surface area contributed by atoms with Crippen molar-refractivity contribution in [3.05, 3.63) is 23.8 Å². The fourth-order valence-corrected chi connectivity index (χ4v) is 1.79. The lowest BCUT2D eigenvalue weighted by Gasteiger charge is -2.23. The fraction of sp³-hybridized carbons (Fsp3) is 0.500. The number of nitrogens with zero attached hydrogens (tertiary/aromatic N) is 1. The molecule has 0 radical (unpaired) electrons. The molecule has 5 N–H and O–H groups in total. The highest BCUT2D eigenvalue weighted by Crippen LogP contribution is 2.17. The van der Waals surface area contributed by atoms with Gasteiger partial charge in [-0.2, -0.15) is 0 Å². The number of hydrogen-bond donors (Lipinski definition) is 3. The molecule has 1 aromatic carbocycles. The number of nitrogen functional groups attached to an aromatic ring is 1. The summed E-state index contributed by atoms with van der Waals surface area (Å²) in [4.78, 5) is 13.5. The van der Waals surface area contributed by atoms with Gasteiger partial charge in [0.25, 0.3) is 5.91 Å². The number of amides is 1. The van der Waals surface area contributed by atoms with Gasteiger partial charge in [0.05, 0.1) is 5.56 Å². The molecule has 0 spiro atoms. The number of carbonyl (C=O) groups is 1. The first kappa shape index (κ1) is 15.3. The molecule has 1 atom stereocenters. The monoisotopic (exact) mass is 264 g/mol.